The lowest BCUT2D eigenvalue weighted by Crippen LogP contribution is -2.23. The Morgan fingerprint density at radius 1 is 0.441 bits per heavy atom. The first-order valence-electron chi connectivity index (χ1n) is 11.8. The number of hydrogen-bond acceptors (Lipinski definition) is 6. The van der Waals surface area contributed by atoms with Crippen molar-refractivity contribution >= 4 is 0 Å². The summed E-state index contributed by atoms with van der Waals surface area (Å²) in [6.45, 7) is 26.0. The lowest BCUT2D eigenvalue weighted by Gasteiger charge is -2.29. The van der Waals surface area contributed by atoms with Gasteiger partial charge in [0, 0.05) is 0 Å². The summed E-state index contributed by atoms with van der Waals surface area (Å²) >= 11 is 0. The number of hydrogen-bond donors (Lipinski definition) is 0. The Morgan fingerprint density at radius 3 is 0.824 bits per heavy atom. The van der Waals surface area contributed by atoms with Crippen LogP contribution in [0, 0.1) is 44.3 Å². The van der Waals surface area contributed by atoms with Gasteiger partial charge in [-0.3, -0.25) is 0 Å². The molecule has 34 heavy (non-hydrogen) atoms. The highest BCUT2D eigenvalue weighted by Gasteiger charge is 2.32. The number of benzene rings is 1. The summed E-state index contributed by atoms with van der Waals surface area (Å²) in [5.74, 6) is 1.07. The maximum atomic E-state index is 10.1. The molecule has 0 aliphatic rings. The quantitative estimate of drug-likeness (QED) is 0.400. The van der Waals surface area contributed by atoms with Gasteiger partial charge in [0.1, 0.15) is 23.3 Å². The number of nitrogens with zero attached hydrogens (tertiary/aromatic N) is 2. The zero-order chi connectivity index (χ0) is 26.5. The van der Waals surface area contributed by atoms with E-state index >= 15 is 0 Å². The average Bonchev–Trinajstić information content (AvgIpc) is 2.64. The standard InChI is InChI=1S/C28H44N2O4/c1-25(2,3)15-31-21-19(13-29)20(14-30)22(32-16-26(4,5)6)24(34-18-28(10,11)12)23(21)33-17-27(7,8)9/h15-18H2,1-12H3. The predicted octanol–water partition coefficient (Wildman–Crippen LogP) is 7.13. The third-order valence-electron chi connectivity index (χ3n) is 4.14. The molecule has 0 heterocycles. The van der Waals surface area contributed by atoms with E-state index in [0.29, 0.717) is 37.9 Å². The molecule has 0 aliphatic heterocycles. The molecular formula is C28H44N2O4. The molecule has 1 aromatic carbocycles. The summed E-state index contributed by atoms with van der Waals surface area (Å²) in [5, 5.41) is 20.2. The van der Waals surface area contributed by atoms with Gasteiger partial charge in [0.25, 0.3) is 0 Å². The van der Waals surface area contributed by atoms with E-state index in [1.54, 1.807) is 0 Å². The fourth-order valence-corrected chi connectivity index (χ4v) is 2.57. The SMILES string of the molecule is CC(C)(C)COc1c(C#N)c(C#N)c(OCC(C)(C)C)c(OCC(C)(C)C)c1OCC(C)(C)C. The van der Waals surface area contributed by atoms with Gasteiger partial charge in [-0.05, 0) is 21.7 Å². The van der Waals surface area contributed by atoms with Crippen LogP contribution in [0.1, 0.15) is 94.2 Å². The van der Waals surface area contributed by atoms with Crippen LogP contribution in [-0.2, 0) is 0 Å². The molecule has 0 spiro atoms. The normalized spacial score (nSPS) is 12.5. The number of rotatable bonds is 8. The van der Waals surface area contributed by atoms with Gasteiger partial charge in [0.05, 0.1) is 26.4 Å². The molecule has 0 aromatic heterocycles. The third-order valence-corrected chi connectivity index (χ3v) is 4.14. The van der Waals surface area contributed by atoms with Crippen LogP contribution >= 0.6 is 0 Å². The lowest BCUT2D eigenvalue weighted by atomic mass is 9.97. The van der Waals surface area contributed by atoms with Crippen molar-refractivity contribution < 1.29 is 18.9 Å². The second-order valence-electron chi connectivity index (χ2n) is 13.7. The summed E-state index contributed by atoms with van der Waals surface area (Å²) in [6.07, 6.45) is 0. The van der Waals surface area contributed by atoms with Crippen LogP contribution in [0.2, 0.25) is 0 Å². The lowest BCUT2D eigenvalue weighted by molar-refractivity contribution is 0.139. The summed E-state index contributed by atoms with van der Waals surface area (Å²) in [5.41, 5.74) is -0.459. The molecule has 0 saturated carbocycles. The molecule has 0 atom stereocenters. The monoisotopic (exact) mass is 472 g/mol. The first kappa shape index (κ1) is 29.4. The average molecular weight is 473 g/mol. The predicted molar refractivity (Wildman–Crippen MR) is 136 cm³/mol. The van der Waals surface area contributed by atoms with Crippen molar-refractivity contribution in [2.24, 2.45) is 21.7 Å². The summed E-state index contributed by atoms with van der Waals surface area (Å²) < 4.78 is 24.9. The van der Waals surface area contributed by atoms with Crippen molar-refractivity contribution in [3.8, 4) is 35.1 Å². The van der Waals surface area contributed by atoms with Crippen molar-refractivity contribution in [1.29, 1.82) is 10.5 Å². The van der Waals surface area contributed by atoms with E-state index in [0.717, 1.165) is 0 Å². The summed E-state index contributed by atoms with van der Waals surface area (Å²) in [4.78, 5) is 0. The summed E-state index contributed by atoms with van der Waals surface area (Å²) in [6, 6.07) is 4.33. The van der Waals surface area contributed by atoms with Crippen LogP contribution in [0.15, 0.2) is 0 Å². The molecule has 190 valence electrons. The van der Waals surface area contributed by atoms with Crippen LogP contribution in [0.25, 0.3) is 0 Å². The van der Waals surface area contributed by atoms with Gasteiger partial charge in [0.15, 0.2) is 11.5 Å². The van der Waals surface area contributed by atoms with Crippen molar-refractivity contribution in [3.05, 3.63) is 11.1 Å². The van der Waals surface area contributed by atoms with Crippen LogP contribution in [0.5, 0.6) is 23.0 Å². The van der Waals surface area contributed by atoms with Gasteiger partial charge < -0.3 is 18.9 Å². The topological polar surface area (TPSA) is 84.5 Å². The van der Waals surface area contributed by atoms with Crippen molar-refractivity contribution in [1.82, 2.24) is 0 Å². The first-order valence-corrected chi connectivity index (χ1v) is 11.8. The van der Waals surface area contributed by atoms with E-state index in [4.69, 9.17) is 18.9 Å². The fraction of sp³-hybridized carbons (Fsp3) is 0.714. The zero-order valence-electron chi connectivity index (χ0n) is 23.4. The molecule has 0 saturated heterocycles. The van der Waals surface area contributed by atoms with E-state index in [2.05, 4.69) is 53.7 Å². The molecule has 0 unspecified atom stereocenters. The molecule has 0 radical (unpaired) electrons. The molecule has 0 fully saturated rings. The molecule has 0 N–H and O–H groups in total. The van der Waals surface area contributed by atoms with Gasteiger partial charge in [-0.25, -0.2) is 0 Å². The Labute approximate surface area is 207 Å². The summed E-state index contributed by atoms with van der Waals surface area (Å²) in [7, 11) is 0. The first-order chi connectivity index (χ1) is 15.3. The van der Waals surface area contributed by atoms with Crippen LogP contribution in [0.3, 0.4) is 0 Å². The van der Waals surface area contributed by atoms with E-state index in [9.17, 15) is 10.5 Å². The van der Waals surface area contributed by atoms with Gasteiger partial charge in [-0.2, -0.15) is 10.5 Å². The van der Waals surface area contributed by atoms with Crippen molar-refractivity contribution in [3.63, 3.8) is 0 Å². The largest absolute Gasteiger partial charge is 0.488 e. The Balaban J connectivity index is 3.92. The molecule has 0 aliphatic carbocycles. The minimum Gasteiger partial charge on any atom is -0.488 e. The van der Waals surface area contributed by atoms with Crippen molar-refractivity contribution in [2.75, 3.05) is 26.4 Å². The maximum absolute atomic E-state index is 10.1. The van der Waals surface area contributed by atoms with E-state index in [1.807, 2.05) is 41.5 Å². The van der Waals surface area contributed by atoms with E-state index in [1.165, 1.54) is 0 Å². The second-order valence-corrected chi connectivity index (χ2v) is 13.7. The highest BCUT2D eigenvalue weighted by Crippen LogP contribution is 2.51. The van der Waals surface area contributed by atoms with E-state index in [-0.39, 0.29) is 44.3 Å². The fourth-order valence-electron chi connectivity index (χ4n) is 2.57. The Bertz CT molecular complexity index is 848. The van der Waals surface area contributed by atoms with Gasteiger partial charge in [-0.1, -0.05) is 83.1 Å². The zero-order valence-corrected chi connectivity index (χ0v) is 23.4. The Morgan fingerprint density at radius 2 is 0.647 bits per heavy atom. The number of ether oxygens (including phenoxy) is 4. The Kier molecular flexibility index (Phi) is 9.32. The molecule has 6 nitrogen and oxygen atoms in total. The van der Waals surface area contributed by atoms with Crippen LogP contribution in [0.4, 0.5) is 0 Å². The van der Waals surface area contributed by atoms with Crippen molar-refractivity contribution in [2.45, 2.75) is 83.1 Å². The third kappa shape index (κ3) is 9.72. The minimum atomic E-state index is -0.172. The smallest absolute Gasteiger partial charge is 0.209 e. The molecule has 1 aromatic rings. The molecule has 1 rings (SSSR count). The number of nitriles is 2. The molecular weight excluding hydrogens is 428 g/mol. The highest BCUT2D eigenvalue weighted by molar-refractivity contribution is 5.73. The van der Waals surface area contributed by atoms with Gasteiger partial charge in [0.2, 0.25) is 11.5 Å². The van der Waals surface area contributed by atoms with Gasteiger partial charge >= 0.3 is 0 Å². The molecule has 0 amide bonds. The molecule has 6 heteroatoms. The van der Waals surface area contributed by atoms with E-state index < -0.39 is 0 Å². The molecule has 0 bridgehead atoms. The maximum Gasteiger partial charge on any atom is 0.209 e. The minimum absolute atomic E-state index is 0.0997. The van der Waals surface area contributed by atoms with Crippen LogP contribution < -0.4 is 18.9 Å². The highest BCUT2D eigenvalue weighted by atomic mass is 16.6. The van der Waals surface area contributed by atoms with Gasteiger partial charge in [-0.15, -0.1) is 0 Å². The Hall–Kier alpha value is -2.60. The second kappa shape index (κ2) is 10.8. The van der Waals surface area contributed by atoms with Crippen LogP contribution in [-0.4, -0.2) is 26.4 Å².